The number of hydrogen-bond acceptors (Lipinski definition) is 6. The summed E-state index contributed by atoms with van der Waals surface area (Å²) in [5, 5.41) is 6.66. The number of nitrogens with one attached hydrogen (secondary N) is 2. The zero-order valence-corrected chi connectivity index (χ0v) is 19.7. The van der Waals surface area contributed by atoms with Gasteiger partial charge in [0.15, 0.2) is 0 Å². The molecule has 0 heterocycles. The molecule has 1 aliphatic rings. The summed E-state index contributed by atoms with van der Waals surface area (Å²) in [6, 6.07) is 14.4. The fraction of sp³-hybridized carbons (Fsp3) is 0.462. The van der Waals surface area contributed by atoms with Crippen molar-refractivity contribution in [2.45, 2.75) is 50.6 Å². The van der Waals surface area contributed by atoms with Crippen LogP contribution < -0.4 is 20.1 Å². The van der Waals surface area contributed by atoms with Crippen molar-refractivity contribution in [3.05, 3.63) is 59.7 Å². The number of carbonyl (C=O) groups is 2. The van der Waals surface area contributed by atoms with Gasteiger partial charge in [0.2, 0.25) is 5.91 Å². The Balaban J connectivity index is 1.58. The van der Waals surface area contributed by atoms with E-state index in [1.165, 1.54) is 7.11 Å². The minimum atomic E-state index is -0.601. The number of rotatable bonds is 10. The van der Waals surface area contributed by atoms with Crippen LogP contribution in [-0.2, 0) is 9.53 Å². The molecular weight excluding hydrogens is 420 g/mol. The average Bonchev–Trinajstić information content (AvgIpc) is 2.86. The van der Waals surface area contributed by atoms with Crippen molar-refractivity contribution in [2.24, 2.45) is 0 Å². The van der Waals surface area contributed by atoms with Crippen LogP contribution in [0, 0.1) is 0 Å². The third kappa shape index (κ3) is 6.48. The molecule has 1 atom stereocenters. The predicted molar refractivity (Wildman–Crippen MR) is 127 cm³/mol. The quantitative estimate of drug-likeness (QED) is 0.416. The molecule has 2 N–H and O–H groups in total. The summed E-state index contributed by atoms with van der Waals surface area (Å²) >= 11 is 0. The van der Waals surface area contributed by atoms with E-state index in [2.05, 4.69) is 10.6 Å². The van der Waals surface area contributed by atoms with Gasteiger partial charge in [0, 0.05) is 12.6 Å². The second-order valence-corrected chi connectivity index (χ2v) is 8.41. The van der Waals surface area contributed by atoms with E-state index in [9.17, 15) is 9.59 Å². The minimum Gasteiger partial charge on any atom is -0.497 e. The standard InChI is InChI=1S/C26H34N2O5/c1-19(20-10-12-21(13-11-20)24(29)32-3)28-25(30)26(14-5-4-6-15-26)27-16-17-33-23-9-7-8-22(18-23)31-2/h7-13,18-19,27H,4-6,14-17H2,1-3H3,(H,28,30). The summed E-state index contributed by atoms with van der Waals surface area (Å²) < 4.78 is 15.8. The lowest BCUT2D eigenvalue weighted by atomic mass is 9.80. The number of hydrogen-bond donors (Lipinski definition) is 2. The van der Waals surface area contributed by atoms with E-state index in [0.29, 0.717) is 18.7 Å². The van der Waals surface area contributed by atoms with E-state index in [1.807, 2.05) is 43.3 Å². The van der Waals surface area contributed by atoms with Gasteiger partial charge in [-0.1, -0.05) is 37.5 Å². The Morgan fingerprint density at radius 1 is 1.00 bits per heavy atom. The molecule has 0 spiro atoms. The van der Waals surface area contributed by atoms with Crippen molar-refractivity contribution in [1.29, 1.82) is 0 Å². The zero-order valence-electron chi connectivity index (χ0n) is 19.7. The molecule has 3 rings (SSSR count). The largest absolute Gasteiger partial charge is 0.497 e. The van der Waals surface area contributed by atoms with Crippen molar-refractivity contribution >= 4 is 11.9 Å². The second-order valence-electron chi connectivity index (χ2n) is 8.41. The first-order valence-corrected chi connectivity index (χ1v) is 11.5. The lowest BCUT2D eigenvalue weighted by Crippen LogP contribution is -2.59. The van der Waals surface area contributed by atoms with Crippen molar-refractivity contribution in [3.8, 4) is 11.5 Å². The monoisotopic (exact) mass is 454 g/mol. The molecule has 0 saturated heterocycles. The van der Waals surface area contributed by atoms with Crippen LogP contribution in [0.1, 0.15) is 61.0 Å². The molecule has 178 valence electrons. The molecule has 33 heavy (non-hydrogen) atoms. The highest BCUT2D eigenvalue weighted by Gasteiger charge is 2.39. The Labute approximate surface area is 195 Å². The lowest BCUT2D eigenvalue weighted by Gasteiger charge is -2.37. The SMILES string of the molecule is COC(=O)c1ccc(C(C)NC(=O)C2(NCCOc3cccc(OC)c3)CCCCC2)cc1. The van der Waals surface area contributed by atoms with Crippen LogP contribution in [0.25, 0.3) is 0 Å². The third-order valence-electron chi connectivity index (χ3n) is 6.20. The lowest BCUT2D eigenvalue weighted by molar-refractivity contribution is -0.129. The third-order valence-corrected chi connectivity index (χ3v) is 6.20. The molecule has 0 aromatic heterocycles. The summed E-state index contributed by atoms with van der Waals surface area (Å²) in [4.78, 5) is 25.0. The Kier molecular flexibility index (Phi) is 8.72. The molecule has 0 radical (unpaired) electrons. The smallest absolute Gasteiger partial charge is 0.337 e. The van der Waals surface area contributed by atoms with E-state index in [-0.39, 0.29) is 17.9 Å². The van der Waals surface area contributed by atoms with E-state index >= 15 is 0 Å². The van der Waals surface area contributed by atoms with E-state index in [4.69, 9.17) is 14.2 Å². The van der Waals surface area contributed by atoms with Crippen LogP contribution in [0.2, 0.25) is 0 Å². The maximum absolute atomic E-state index is 13.4. The fourth-order valence-electron chi connectivity index (χ4n) is 4.23. The highest BCUT2D eigenvalue weighted by Crippen LogP contribution is 2.29. The number of methoxy groups -OCH3 is 2. The molecule has 0 bridgehead atoms. The molecule has 7 heteroatoms. The predicted octanol–water partition coefficient (Wildman–Crippen LogP) is 4.03. The van der Waals surface area contributed by atoms with Crippen LogP contribution >= 0.6 is 0 Å². The molecule has 7 nitrogen and oxygen atoms in total. The van der Waals surface area contributed by atoms with Crippen molar-refractivity contribution in [3.63, 3.8) is 0 Å². The van der Waals surface area contributed by atoms with Gasteiger partial charge in [-0.05, 0) is 49.6 Å². The average molecular weight is 455 g/mol. The maximum atomic E-state index is 13.4. The number of ether oxygens (including phenoxy) is 3. The summed E-state index contributed by atoms with van der Waals surface area (Å²) in [6.45, 7) is 2.97. The van der Waals surface area contributed by atoms with Gasteiger partial charge in [-0.25, -0.2) is 4.79 Å². The van der Waals surface area contributed by atoms with E-state index < -0.39 is 5.54 Å². The summed E-state index contributed by atoms with van der Waals surface area (Å²) in [5.41, 5.74) is 0.820. The normalized spacial score (nSPS) is 15.8. The highest BCUT2D eigenvalue weighted by atomic mass is 16.5. The molecule has 1 unspecified atom stereocenters. The van der Waals surface area contributed by atoms with E-state index in [1.54, 1.807) is 19.2 Å². The molecule has 1 saturated carbocycles. The molecule has 1 amide bonds. The van der Waals surface area contributed by atoms with Crippen LogP contribution in [0.4, 0.5) is 0 Å². The van der Waals surface area contributed by atoms with Crippen LogP contribution in [0.5, 0.6) is 11.5 Å². The van der Waals surface area contributed by atoms with Gasteiger partial charge < -0.3 is 19.5 Å². The summed E-state index contributed by atoms with van der Waals surface area (Å²) in [7, 11) is 2.98. The minimum absolute atomic E-state index is 0.00752. The van der Waals surface area contributed by atoms with E-state index in [0.717, 1.165) is 49.2 Å². The zero-order chi connectivity index (χ0) is 23.7. The second kappa shape index (κ2) is 11.7. The summed E-state index contributed by atoms with van der Waals surface area (Å²) in [6.07, 6.45) is 4.76. The Morgan fingerprint density at radius 3 is 2.36 bits per heavy atom. The fourth-order valence-corrected chi connectivity index (χ4v) is 4.23. The van der Waals surface area contributed by atoms with Gasteiger partial charge in [0.1, 0.15) is 18.1 Å². The van der Waals surface area contributed by atoms with Gasteiger partial charge in [0.05, 0.1) is 31.4 Å². The van der Waals surface area contributed by atoms with Crippen molar-refractivity contribution < 1.29 is 23.8 Å². The molecular formula is C26H34N2O5. The Bertz CT molecular complexity index is 923. The van der Waals surface area contributed by atoms with Crippen LogP contribution in [0.15, 0.2) is 48.5 Å². The maximum Gasteiger partial charge on any atom is 0.337 e. The molecule has 2 aromatic carbocycles. The first kappa shape index (κ1) is 24.6. The highest BCUT2D eigenvalue weighted by molar-refractivity contribution is 5.89. The molecule has 1 aliphatic carbocycles. The van der Waals surface area contributed by atoms with Gasteiger partial charge in [-0.15, -0.1) is 0 Å². The topological polar surface area (TPSA) is 85.9 Å². The van der Waals surface area contributed by atoms with Crippen molar-refractivity contribution in [1.82, 2.24) is 10.6 Å². The number of esters is 1. The number of carbonyl (C=O) groups excluding carboxylic acids is 2. The number of benzene rings is 2. The summed E-state index contributed by atoms with van der Waals surface area (Å²) in [5.74, 6) is 1.12. The first-order chi connectivity index (χ1) is 16.0. The Hall–Kier alpha value is -3.06. The Morgan fingerprint density at radius 2 is 1.70 bits per heavy atom. The van der Waals surface area contributed by atoms with Gasteiger partial charge in [-0.3, -0.25) is 10.1 Å². The first-order valence-electron chi connectivity index (χ1n) is 11.5. The van der Waals surface area contributed by atoms with Gasteiger partial charge in [-0.2, -0.15) is 0 Å². The van der Waals surface area contributed by atoms with Gasteiger partial charge >= 0.3 is 5.97 Å². The van der Waals surface area contributed by atoms with Gasteiger partial charge in [0.25, 0.3) is 0 Å². The number of amides is 1. The molecule has 0 aliphatic heterocycles. The van der Waals surface area contributed by atoms with Crippen LogP contribution in [-0.4, -0.2) is 44.8 Å². The van der Waals surface area contributed by atoms with Crippen LogP contribution in [0.3, 0.4) is 0 Å². The van der Waals surface area contributed by atoms with Crippen molar-refractivity contribution in [2.75, 3.05) is 27.4 Å². The molecule has 1 fully saturated rings. The molecule has 2 aromatic rings.